The molecule has 1 heterocycles. The number of halogens is 1. The van der Waals surface area contributed by atoms with Crippen molar-refractivity contribution in [3.05, 3.63) is 11.3 Å². The lowest BCUT2D eigenvalue weighted by atomic mass is 9.73. The second kappa shape index (κ2) is 3.93. The van der Waals surface area contributed by atoms with Crippen molar-refractivity contribution in [2.24, 2.45) is 11.8 Å². The van der Waals surface area contributed by atoms with Crippen LogP contribution in [0, 0.1) is 11.8 Å². The summed E-state index contributed by atoms with van der Waals surface area (Å²) in [5.41, 5.74) is 1.36. The van der Waals surface area contributed by atoms with Gasteiger partial charge in [0.25, 0.3) is 0 Å². The molecule has 0 radical (unpaired) electrons. The molecule has 0 amide bonds. The Kier molecular flexibility index (Phi) is 2.93. The van der Waals surface area contributed by atoms with Crippen molar-refractivity contribution in [3.8, 4) is 0 Å². The number of hydrogen-bond donors (Lipinski definition) is 0. The summed E-state index contributed by atoms with van der Waals surface area (Å²) in [6.45, 7) is 5.20. The first-order chi connectivity index (χ1) is 7.08. The fraction of sp³-hybridized carbons (Fsp3) is 0.750. The number of alkyl halides is 1. The van der Waals surface area contributed by atoms with E-state index in [9.17, 15) is 4.79 Å². The highest BCUT2D eigenvalue weighted by molar-refractivity contribution is 9.10. The molecule has 0 saturated heterocycles. The van der Waals surface area contributed by atoms with E-state index in [2.05, 4.69) is 29.8 Å². The molecule has 0 aromatic heterocycles. The zero-order chi connectivity index (χ0) is 11.1. The Morgan fingerprint density at radius 1 is 1.53 bits per heavy atom. The van der Waals surface area contributed by atoms with Crippen LogP contribution in [0.15, 0.2) is 11.3 Å². The number of aldehydes is 1. The zero-order valence-electron chi connectivity index (χ0n) is 9.25. The van der Waals surface area contributed by atoms with Crippen molar-refractivity contribution in [1.82, 2.24) is 0 Å². The fourth-order valence-electron chi connectivity index (χ4n) is 2.70. The number of ether oxygens (including phenoxy) is 1. The van der Waals surface area contributed by atoms with Crippen molar-refractivity contribution in [1.29, 1.82) is 0 Å². The highest BCUT2D eigenvalue weighted by Crippen LogP contribution is 2.47. The number of carbonyl (C=O) groups excluding carboxylic acids is 1. The molecule has 15 heavy (non-hydrogen) atoms. The molecule has 2 rings (SSSR count). The van der Waals surface area contributed by atoms with Crippen LogP contribution in [-0.4, -0.2) is 17.2 Å². The summed E-state index contributed by atoms with van der Waals surface area (Å²) < 4.78 is 5.34. The first-order valence-electron chi connectivity index (χ1n) is 5.59. The number of carbonyl (C=O) groups is 1. The van der Waals surface area contributed by atoms with Crippen LogP contribution >= 0.6 is 15.9 Å². The smallest absolute Gasteiger partial charge is 0.137 e. The molecule has 0 unspecified atom stereocenters. The van der Waals surface area contributed by atoms with Crippen LogP contribution in [0.25, 0.3) is 0 Å². The van der Waals surface area contributed by atoms with Gasteiger partial charge in [0.1, 0.15) is 6.29 Å². The van der Waals surface area contributed by atoms with Gasteiger partial charge in [-0.1, -0.05) is 29.8 Å². The van der Waals surface area contributed by atoms with Gasteiger partial charge in [-0.05, 0) is 24.3 Å². The van der Waals surface area contributed by atoms with E-state index < -0.39 is 0 Å². The Labute approximate surface area is 99.2 Å². The molecule has 0 bridgehead atoms. The van der Waals surface area contributed by atoms with Gasteiger partial charge < -0.3 is 9.53 Å². The highest BCUT2D eigenvalue weighted by atomic mass is 79.9. The molecule has 3 atom stereocenters. The second-order valence-electron chi connectivity index (χ2n) is 4.68. The van der Waals surface area contributed by atoms with Gasteiger partial charge in [0.15, 0.2) is 0 Å². The SMILES string of the molecule is C[C@@H]1CCOC2=C1[C@H](C)[C@](Br)(C=O)CC2. The summed E-state index contributed by atoms with van der Waals surface area (Å²) in [5, 5.41) is 0. The summed E-state index contributed by atoms with van der Waals surface area (Å²) in [6.07, 6.45) is 3.88. The van der Waals surface area contributed by atoms with Crippen molar-refractivity contribution in [3.63, 3.8) is 0 Å². The van der Waals surface area contributed by atoms with E-state index in [1.54, 1.807) is 0 Å². The van der Waals surface area contributed by atoms with Crippen LogP contribution in [-0.2, 0) is 9.53 Å². The second-order valence-corrected chi connectivity index (χ2v) is 6.16. The monoisotopic (exact) mass is 272 g/mol. The molecule has 84 valence electrons. The lowest BCUT2D eigenvalue weighted by Crippen LogP contribution is -2.39. The van der Waals surface area contributed by atoms with Gasteiger partial charge in [-0.2, -0.15) is 0 Å². The topological polar surface area (TPSA) is 26.3 Å². The number of rotatable bonds is 1. The molecule has 0 N–H and O–H groups in total. The van der Waals surface area contributed by atoms with E-state index in [0.717, 1.165) is 37.9 Å². The minimum Gasteiger partial charge on any atom is -0.498 e. The van der Waals surface area contributed by atoms with E-state index in [1.165, 1.54) is 5.57 Å². The minimum atomic E-state index is -0.360. The average Bonchev–Trinajstić information content (AvgIpc) is 2.24. The Morgan fingerprint density at radius 3 is 2.93 bits per heavy atom. The summed E-state index contributed by atoms with van der Waals surface area (Å²) in [6, 6.07) is 0. The summed E-state index contributed by atoms with van der Waals surface area (Å²) in [5.74, 6) is 1.97. The Balaban J connectivity index is 2.36. The average molecular weight is 273 g/mol. The molecular weight excluding hydrogens is 256 g/mol. The van der Waals surface area contributed by atoms with Gasteiger partial charge in [-0.25, -0.2) is 0 Å². The molecular formula is C12H17BrO2. The Hall–Kier alpha value is -0.310. The van der Waals surface area contributed by atoms with Crippen molar-refractivity contribution >= 4 is 22.2 Å². The van der Waals surface area contributed by atoms with Gasteiger partial charge in [-0.3, -0.25) is 0 Å². The highest BCUT2D eigenvalue weighted by Gasteiger charge is 2.43. The molecule has 1 aliphatic carbocycles. The van der Waals surface area contributed by atoms with Gasteiger partial charge >= 0.3 is 0 Å². The number of allylic oxidation sites excluding steroid dienone is 2. The molecule has 0 saturated carbocycles. The summed E-state index contributed by atoms with van der Waals surface area (Å²) in [7, 11) is 0. The maximum absolute atomic E-state index is 11.2. The Bertz CT molecular complexity index is 311. The lowest BCUT2D eigenvalue weighted by molar-refractivity contribution is -0.110. The fourth-order valence-corrected chi connectivity index (χ4v) is 3.14. The minimum absolute atomic E-state index is 0.258. The van der Waals surface area contributed by atoms with Gasteiger partial charge in [0.05, 0.1) is 16.7 Å². The quantitative estimate of drug-likeness (QED) is 0.542. The predicted molar refractivity (Wildman–Crippen MR) is 62.9 cm³/mol. The van der Waals surface area contributed by atoms with Crippen LogP contribution in [0.4, 0.5) is 0 Å². The predicted octanol–water partition coefficient (Wildman–Crippen LogP) is 3.06. The Morgan fingerprint density at radius 2 is 2.27 bits per heavy atom. The molecule has 0 aromatic carbocycles. The van der Waals surface area contributed by atoms with Crippen molar-refractivity contribution < 1.29 is 9.53 Å². The molecule has 0 aromatic rings. The van der Waals surface area contributed by atoms with E-state index in [-0.39, 0.29) is 10.2 Å². The van der Waals surface area contributed by atoms with E-state index >= 15 is 0 Å². The molecule has 1 aliphatic heterocycles. The summed E-state index contributed by atoms with van der Waals surface area (Å²) in [4.78, 5) is 11.2. The third kappa shape index (κ3) is 1.75. The molecule has 0 fully saturated rings. The van der Waals surface area contributed by atoms with Crippen LogP contribution in [0.3, 0.4) is 0 Å². The van der Waals surface area contributed by atoms with Gasteiger partial charge in [0, 0.05) is 12.3 Å². The maximum Gasteiger partial charge on any atom is 0.137 e. The number of hydrogen-bond acceptors (Lipinski definition) is 2. The van der Waals surface area contributed by atoms with Gasteiger partial charge in [-0.15, -0.1) is 0 Å². The van der Waals surface area contributed by atoms with E-state index in [1.807, 2.05) is 0 Å². The summed E-state index contributed by atoms with van der Waals surface area (Å²) >= 11 is 3.59. The van der Waals surface area contributed by atoms with Gasteiger partial charge in [0.2, 0.25) is 0 Å². The van der Waals surface area contributed by atoms with Crippen LogP contribution in [0.1, 0.15) is 33.1 Å². The van der Waals surface area contributed by atoms with Crippen LogP contribution < -0.4 is 0 Å². The lowest BCUT2D eigenvalue weighted by Gasteiger charge is -2.41. The molecule has 2 nitrogen and oxygen atoms in total. The van der Waals surface area contributed by atoms with Crippen molar-refractivity contribution in [2.45, 2.75) is 37.4 Å². The molecule has 0 spiro atoms. The zero-order valence-corrected chi connectivity index (χ0v) is 10.8. The normalized spacial score (nSPS) is 40.7. The van der Waals surface area contributed by atoms with Crippen LogP contribution in [0.5, 0.6) is 0 Å². The molecule has 3 heteroatoms. The first kappa shape index (κ1) is 11.2. The third-order valence-corrected chi connectivity index (χ3v) is 5.07. The standard InChI is InChI=1S/C12H17BrO2/c1-8-4-6-15-10-3-5-12(13,7-14)9(2)11(8)10/h7-9H,3-6H2,1-2H3/t8-,9+,12-/m1/s1. The maximum atomic E-state index is 11.2. The third-order valence-electron chi connectivity index (χ3n) is 3.80. The van der Waals surface area contributed by atoms with Crippen LogP contribution in [0.2, 0.25) is 0 Å². The van der Waals surface area contributed by atoms with E-state index in [0.29, 0.717) is 5.92 Å². The first-order valence-corrected chi connectivity index (χ1v) is 6.39. The molecule has 2 aliphatic rings. The largest absolute Gasteiger partial charge is 0.498 e. The van der Waals surface area contributed by atoms with Crippen molar-refractivity contribution in [2.75, 3.05) is 6.61 Å². The van der Waals surface area contributed by atoms with E-state index in [4.69, 9.17) is 4.74 Å².